The molecular formula is C62H93ClN4O12. The van der Waals surface area contributed by atoms with Crippen LogP contribution in [0.25, 0.3) is 0 Å². The molecule has 0 aromatic heterocycles. The summed E-state index contributed by atoms with van der Waals surface area (Å²) in [4.78, 5) is 56.9. The van der Waals surface area contributed by atoms with Gasteiger partial charge in [-0.2, -0.15) is 0 Å². The number of halogens is 1. The average molecular weight is 1120 g/mol. The predicted molar refractivity (Wildman–Crippen MR) is 314 cm³/mol. The second-order valence-corrected chi connectivity index (χ2v) is 19.8. The molecule has 17 heteroatoms. The van der Waals surface area contributed by atoms with Crippen LogP contribution in [0.5, 0.6) is 23.0 Å². The lowest BCUT2D eigenvalue weighted by Crippen LogP contribution is -2.58. The van der Waals surface area contributed by atoms with Crippen molar-refractivity contribution in [1.29, 1.82) is 0 Å². The van der Waals surface area contributed by atoms with Crippen LogP contribution in [0.2, 0.25) is 0 Å². The zero-order valence-electron chi connectivity index (χ0n) is 47.1. The van der Waals surface area contributed by atoms with Gasteiger partial charge in [0, 0.05) is 95.7 Å². The molecule has 4 unspecified atom stereocenters. The number of carbonyl (C=O) groups excluding carboxylic acids is 4. The molecule has 4 aromatic carbocycles. The third-order valence-electron chi connectivity index (χ3n) is 13.0. The quantitative estimate of drug-likeness (QED) is 0.0359. The van der Waals surface area contributed by atoms with E-state index in [-0.39, 0.29) is 56.7 Å². The fourth-order valence-corrected chi connectivity index (χ4v) is 9.56. The van der Waals surface area contributed by atoms with Gasteiger partial charge in [0.25, 0.3) is 11.1 Å². The fourth-order valence-electron chi connectivity index (χ4n) is 9.44. The number of hydrogen-bond acceptors (Lipinski definition) is 15. The summed E-state index contributed by atoms with van der Waals surface area (Å²) in [5, 5.41) is 3.03. The first kappa shape index (κ1) is 69.4. The first-order valence-electron chi connectivity index (χ1n) is 26.9. The summed E-state index contributed by atoms with van der Waals surface area (Å²) in [6.45, 7) is 19.7. The van der Waals surface area contributed by atoms with Crippen LogP contribution in [0, 0.1) is 11.8 Å². The van der Waals surface area contributed by atoms with Gasteiger partial charge < -0.3 is 48.1 Å². The molecule has 16 nitrogen and oxygen atoms in total. The van der Waals surface area contributed by atoms with E-state index in [0.717, 1.165) is 52.0 Å². The monoisotopic (exact) mass is 1120 g/mol. The van der Waals surface area contributed by atoms with Crippen molar-refractivity contribution in [3.05, 3.63) is 119 Å². The maximum absolute atomic E-state index is 14.0. The van der Waals surface area contributed by atoms with E-state index >= 15 is 0 Å². The highest BCUT2D eigenvalue weighted by atomic mass is 35.5. The molecule has 2 saturated heterocycles. The van der Waals surface area contributed by atoms with Gasteiger partial charge in [0.2, 0.25) is 0 Å². The van der Waals surface area contributed by atoms with Crippen molar-refractivity contribution in [3.8, 4) is 23.0 Å². The molecule has 6 rings (SSSR count). The number of methoxy groups -OCH3 is 4. The van der Waals surface area contributed by atoms with Crippen molar-refractivity contribution in [3.63, 3.8) is 0 Å². The minimum Gasteiger partial charge on any atom is -0.493 e. The second kappa shape index (κ2) is 38.0. The molecule has 2 fully saturated rings. The van der Waals surface area contributed by atoms with Crippen LogP contribution in [0.1, 0.15) is 114 Å². The van der Waals surface area contributed by atoms with Gasteiger partial charge in [0.05, 0.1) is 58.5 Å². The van der Waals surface area contributed by atoms with E-state index in [0.29, 0.717) is 92.8 Å². The molecule has 1 N–H and O–H groups in total. The Hall–Kier alpha value is -5.75. The van der Waals surface area contributed by atoms with Gasteiger partial charge in [0.15, 0.2) is 23.0 Å². The van der Waals surface area contributed by atoms with Crippen molar-refractivity contribution in [2.24, 2.45) is 11.8 Å². The van der Waals surface area contributed by atoms with E-state index in [1.54, 1.807) is 64.8 Å². The van der Waals surface area contributed by atoms with E-state index in [1.165, 1.54) is 11.1 Å². The summed E-state index contributed by atoms with van der Waals surface area (Å²) in [5.74, 6) is 1.28. The van der Waals surface area contributed by atoms with Crippen LogP contribution in [-0.2, 0) is 41.6 Å². The summed E-state index contributed by atoms with van der Waals surface area (Å²) in [5.41, 5.74) is 3.40. The number of nitrogens with zero attached hydrogens (tertiary/aromatic N) is 3. The molecular weight excluding hydrogens is 1030 g/mol. The molecule has 0 bridgehead atoms. The van der Waals surface area contributed by atoms with Crippen LogP contribution in [0.3, 0.4) is 0 Å². The van der Waals surface area contributed by atoms with Gasteiger partial charge in [-0.15, -0.1) is 0 Å². The number of nitrogens with one attached hydrogen (secondary N) is 1. The fraction of sp³-hybridized carbons (Fsp3) is 0.548. The number of hydrogen-bond donors (Lipinski definition) is 1. The van der Waals surface area contributed by atoms with Crippen molar-refractivity contribution >= 4 is 34.7 Å². The van der Waals surface area contributed by atoms with Crippen molar-refractivity contribution in [2.75, 3.05) is 94.3 Å². The normalized spacial score (nSPS) is 17.0. The lowest BCUT2D eigenvalue weighted by molar-refractivity contribution is -0.153. The number of carbonyl (C=O) groups is 4. The molecule has 2 aliphatic rings. The maximum Gasteiger partial charge on any atom is 0.311 e. The second-order valence-electron chi connectivity index (χ2n) is 19.4. The highest BCUT2D eigenvalue weighted by Gasteiger charge is 2.42. The van der Waals surface area contributed by atoms with Crippen molar-refractivity contribution in [1.82, 2.24) is 20.0 Å². The highest BCUT2D eigenvalue weighted by molar-refractivity contribution is 6.67. The maximum atomic E-state index is 14.0. The molecule has 0 spiro atoms. The highest BCUT2D eigenvalue weighted by Crippen LogP contribution is 2.33. The number of ether oxygens (including phenoxy) is 8. The molecule has 0 aliphatic carbocycles. The van der Waals surface area contributed by atoms with Crippen molar-refractivity contribution < 1.29 is 57.1 Å². The van der Waals surface area contributed by atoms with E-state index in [2.05, 4.69) is 65.4 Å². The molecule has 440 valence electrons. The van der Waals surface area contributed by atoms with E-state index in [1.807, 2.05) is 56.9 Å². The Bertz CT molecular complexity index is 2360. The third-order valence-corrected chi connectivity index (χ3v) is 13.3. The van der Waals surface area contributed by atoms with Gasteiger partial charge >= 0.3 is 11.9 Å². The first-order chi connectivity index (χ1) is 37.2. The summed E-state index contributed by atoms with van der Waals surface area (Å²) in [6.07, 6.45) is 2.97. The molecule has 2 heterocycles. The van der Waals surface area contributed by atoms with Gasteiger partial charge in [-0.25, -0.2) is 0 Å². The number of esters is 2. The molecule has 4 aromatic rings. The summed E-state index contributed by atoms with van der Waals surface area (Å²) < 4.78 is 42.7. The predicted octanol–water partition coefficient (Wildman–Crippen LogP) is 10.6. The van der Waals surface area contributed by atoms with Crippen LogP contribution >= 0.6 is 11.6 Å². The zero-order chi connectivity index (χ0) is 56.1. The molecule has 0 radical (unpaired) electrons. The molecule has 1 amide bonds. The van der Waals surface area contributed by atoms with Gasteiger partial charge in [-0.3, -0.25) is 29.0 Å². The van der Waals surface area contributed by atoms with E-state index in [4.69, 9.17) is 49.5 Å². The average Bonchev–Trinajstić information content (AvgIpc) is 3.45. The smallest absolute Gasteiger partial charge is 0.311 e. The van der Waals surface area contributed by atoms with Crippen LogP contribution < -0.4 is 24.3 Å². The standard InChI is InChI=1S/C30H42N2O6.C18H28N2O2.C12H15ClO4.2CH4/c1-6-37-30(34)25-15-16-31(20-23-11-8-7-9-12-23)21-26(25)32(22(2)3)29(33)24-13-14-27(36-5)28(19-24)38-18-10-17-35-4;1-4-22-18(21)16-10-11-20(13-17(16)19-14(2)3)12-15-8-6-5-7-9-15;1-15-6-3-7-17-11-8-9(12(13)14)4-5-10(11)16-2;;/h7-9,11-14,19,22,25-26H,6,10,15-18,20-21H2,1-5H3;5-9,14,16-17,19H,4,10-13H2,1-3H3;4-5,8H,3,6-7H2,1-2H3;2*1H4. The summed E-state index contributed by atoms with van der Waals surface area (Å²) in [6, 6.07) is 30.9. The van der Waals surface area contributed by atoms with Gasteiger partial charge in [-0.05, 0) is 113 Å². The number of piperidine rings is 2. The Morgan fingerprint density at radius 1 is 0.608 bits per heavy atom. The van der Waals surface area contributed by atoms with Crippen LogP contribution in [0.4, 0.5) is 0 Å². The number of benzene rings is 4. The molecule has 4 atom stereocenters. The number of likely N-dealkylation sites (tertiary alicyclic amines) is 2. The number of rotatable bonds is 26. The molecule has 0 saturated carbocycles. The molecule has 2 aliphatic heterocycles. The Morgan fingerprint density at radius 3 is 1.51 bits per heavy atom. The van der Waals surface area contributed by atoms with E-state index < -0.39 is 11.2 Å². The summed E-state index contributed by atoms with van der Waals surface area (Å²) in [7, 11) is 6.40. The largest absolute Gasteiger partial charge is 0.493 e. The topological polar surface area (TPSA) is 164 Å². The minimum atomic E-state index is -0.519. The van der Waals surface area contributed by atoms with Gasteiger partial charge in [0.1, 0.15) is 0 Å². The Labute approximate surface area is 477 Å². The Morgan fingerprint density at radius 2 is 1.06 bits per heavy atom. The lowest BCUT2D eigenvalue weighted by atomic mass is 9.88. The number of amides is 1. The third kappa shape index (κ3) is 23.1. The van der Waals surface area contributed by atoms with Crippen LogP contribution in [-0.4, -0.2) is 156 Å². The zero-order valence-corrected chi connectivity index (χ0v) is 47.9. The SMILES string of the molecule is C.C.CCOC(=O)C1CCN(Cc2ccccc2)CC1N(C(=O)c1ccc(OC)c(OCCCOC)c1)C(C)C.CCOC(=O)C1CCN(Cc2ccccc2)CC1NC(C)C.COCCCOc1cc(C(=O)Cl)ccc1OC. The Kier molecular flexibility index (Phi) is 33.4. The first-order valence-corrected chi connectivity index (χ1v) is 27.3. The molecule has 79 heavy (non-hydrogen) atoms. The van der Waals surface area contributed by atoms with Crippen LogP contribution in [0.15, 0.2) is 97.1 Å². The minimum absolute atomic E-state index is 0. The van der Waals surface area contributed by atoms with Gasteiger partial charge in [-0.1, -0.05) is 89.4 Å². The van der Waals surface area contributed by atoms with E-state index in [9.17, 15) is 19.2 Å². The summed E-state index contributed by atoms with van der Waals surface area (Å²) >= 11 is 5.40. The Balaban J connectivity index is 0.000000441. The lowest BCUT2D eigenvalue weighted by Gasteiger charge is -2.45. The van der Waals surface area contributed by atoms with Crippen molar-refractivity contribution in [2.45, 2.75) is 119 Å².